The van der Waals surface area contributed by atoms with Crippen LogP contribution in [0.3, 0.4) is 0 Å². The number of benzene rings is 2. The monoisotopic (exact) mass is 355 g/mol. The standard InChI is InChI=1S/C9H11NO.C9H12.C6H14/c1-8-3-2-4-9(5-8)6-10-7-11;1-3-9-6-4-5-8(2)7-9;1-3-5-6-4-2/h2-5,7H,6H2,1H3,(H,10,11);4-7H,3H2,1-2H3;3-6H2,1-2H3. The SMILES string of the molecule is CCCCCC.CCc1cccc(C)c1.Cc1cccc(CNC=O)c1. The summed E-state index contributed by atoms with van der Waals surface area (Å²) in [5, 5.41) is 2.61. The average molecular weight is 356 g/mol. The number of amides is 1. The van der Waals surface area contributed by atoms with E-state index in [4.69, 9.17) is 0 Å². The van der Waals surface area contributed by atoms with Crippen molar-refractivity contribution in [2.24, 2.45) is 0 Å². The van der Waals surface area contributed by atoms with Crippen molar-refractivity contribution in [2.45, 2.75) is 73.3 Å². The van der Waals surface area contributed by atoms with E-state index in [-0.39, 0.29) is 0 Å². The van der Waals surface area contributed by atoms with Crippen molar-refractivity contribution in [1.82, 2.24) is 5.32 Å². The third kappa shape index (κ3) is 13.2. The van der Waals surface area contributed by atoms with E-state index in [2.05, 4.69) is 63.3 Å². The molecule has 2 aromatic rings. The van der Waals surface area contributed by atoms with E-state index in [1.54, 1.807) is 0 Å². The quantitative estimate of drug-likeness (QED) is 0.453. The highest BCUT2D eigenvalue weighted by Gasteiger charge is 1.89. The minimum absolute atomic E-state index is 0.616. The van der Waals surface area contributed by atoms with Crippen LogP contribution in [0.4, 0.5) is 0 Å². The number of carbonyl (C=O) groups excluding carboxylic acids is 1. The fourth-order valence-corrected chi connectivity index (χ4v) is 2.41. The molecule has 0 aliphatic carbocycles. The minimum Gasteiger partial charge on any atom is -0.355 e. The van der Waals surface area contributed by atoms with Crippen LogP contribution < -0.4 is 5.32 Å². The molecule has 144 valence electrons. The van der Waals surface area contributed by atoms with Crippen molar-refractivity contribution < 1.29 is 4.79 Å². The molecule has 0 atom stereocenters. The van der Waals surface area contributed by atoms with Crippen LogP contribution in [0, 0.1) is 13.8 Å². The molecule has 0 aliphatic heterocycles. The molecule has 0 unspecified atom stereocenters. The summed E-state index contributed by atoms with van der Waals surface area (Å²) in [6, 6.07) is 16.7. The Labute approximate surface area is 161 Å². The Morgan fingerprint density at radius 2 is 1.31 bits per heavy atom. The summed E-state index contributed by atoms with van der Waals surface area (Å²) in [6.07, 6.45) is 7.39. The number of carbonyl (C=O) groups is 1. The van der Waals surface area contributed by atoms with Gasteiger partial charge in [-0.05, 0) is 31.4 Å². The lowest BCUT2D eigenvalue weighted by Crippen LogP contribution is -2.09. The van der Waals surface area contributed by atoms with Gasteiger partial charge in [0, 0.05) is 6.54 Å². The highest BCUT2D eigenvalue weighted by Crippen LogP contribution is 2.03. The largest absolute Gasteiger partial charge is 0.355 e. The van der Waals surface area contributed by atoms with Gasteiger partial charge in [0.05, 0.1) is 0 Å². The van der Waals surface area contributed by atoms with Crippen LogP contribution in [0.25, 0.3) is 0 Å². The fourth-order valence-electron chi connectivity index (χ4n) is 2.41. The van der Waals surface area contributed by atoms with Gasteiger partial charge in [-0.1, -0.05) is 106 Å². The zero-order chi connectivity index (χ0) is 19.6. The summed E-state index contributed by atoms with van der Waals surface area (Å²) in [7, 11) is 0. The van der Waals surface area contributed by atoms with Crippen LogP contribution in [0.5, 0.6) is 0 Å². The lowest BCUT2D eigenvalue weighted by molar-refractivity contribution is -0.109. The van der Waals surface area contributed by atoms with Crippen molar-refractivity contribution in [3.05, 3.63) is 70.8 Å². The van der Waals surface area contributed by atoms with Crippen LogP contribution in [0.15, 0.2) is 48.5 Å². The topological polar surface area (TPSA) is 29.1 Å². The van der Waals surface area contributed by atoms with Crippen LogP contribution >= 0.6 is 0 Å². The predicted octanol–water partition coefficient (Wildman–Crippen LogP) is 6.39. The first kappa shape index (κ1) is 23.9. The lowest BCUT2D eigenvalue weighted by atomic mass is 10.1. The van der Waals surface area contributed by atoms with Gasteiger partial charge in [-0.2, -0.15) is 0 Å². The van der Waals surface area contributed by atoms with Gasteiger partial charge in [-0.25, -0.2) is 0 Å². The van der Waals surface area contributed by atoms with E-state index in [0.717, 1.165) is 12.0 Å². The third-order valence-corrected chi connectivity index (χ3v) is 3.92. The molecule has 0 saturated heterocycles. The number of hydrogen-bond donors (Lipinski definition) is 1. The Bertz CT molecular complexity index is 588. The molecule has 0 aliphatic rings. The maximum Gasteiger partial charge on any atom is 0.207 e. The van der Waals surface area contributed by atoms with E-state index in [9.17, 15) is 4.79 Å². The second kappa shape index (κ2) is 16.4. The lowest BCUT2D eigenvalue weighted by Gasteiger charge is -1.99. The zero-order valence-electron chi connectivity index (χ0n) is 17.3. The third-order valence-electron chi connectivity index (χ3n) is 3.92. The molecule has 0 spiro atoms. The molecule has 2 aromatic carbocycles. The summed E-state index contributed by atoms with van der Waals surface area (Å²) in [5.41, 5.74) is 5.14. The molecule has 0 fully saturated rings. The molecular formula is C24H37NO. The Morgan fingerprint density at radius 3 is 1.69 bits per heavy atom. The van der Waals surface area contributed by atoms with E-state index < -0.39 is 0 Å². The first-order valence-corrected chi connectivity index (χ1v) is 9.85. The van der Waals surface area contributed by atoms with Gasteiger partial charge < -0.3 is 5.32 Å². The second-order valence-electron chi connectivity index (χ2n) is 6.54. The van der Waals surface area contributed by atoms with Gasteiger partial charge in [-0.15, -0.1) is 0 Å². The summed E-state index contributed by atoms with van der Waals surface area (Å²) < 4.78 is 0. The summed E-state index contributed by atoms with van der Waals surface area (Å²) in [5.74, 6) is 0. The molecule has 26 heavy (non-hydrogen) atoms. The number of aryl methyl sites for hydroxylation is 3. The van der Waals surface area contributed by atoms with Gasteiger partial charge >= 0.3 is 0 Å². The molecule has 0 bridgehead atoms. The van der Waals surface area contributed by atoms with Crippen molar-refractivity contribution in [2.75, 3.05) is 0 Å². The number of unbranched alkanes of at least 4 members (excludes halogenated alkanes) is 3. The molecule has 0 heterocycles. The van der Waals surface area contributed by atoms with Crippen LogP contribution in [-0.4, -0.2) is 6.41 Å². The number of hydrogen-bond acceptors (Lipinski definition) is 1. The smallest absolute Gasteiger partial charge is 0.207 e. The normalized spacial score (nSPS) is 9.27. The zero-order valence-corrected chi connectivity index (χ0v) is 17.3. The Morgan fingerprint density at radius 1 is 0.808 bits per heavy atom. The highest BCUT2D eigenvalue weighted by molar-refractivity contribution is 5.46. The maximum absolute atomic E-state index is 9.95. The highest BCUT2D eigenvalue weighted by atomic mass is 16.1. The molecule has 1 N–H and O–H groups in total. The Hall–Kier alpha value is -2.09. The van der Waals surface area contributed by atoms with Crippen molar-refractivity contribution in [1.29, 1.82) is 0 Å². The van der Waals surface area contributed by atoms with E-state index in [1.807, 2.05) is 25.1 Å². The number of nitrogens with one attached hydrogen (secondary N) is 1. The average Bonchev–Trinajstić information content (AvgIpc) is 2.66. The minimum atomic E-state index is 0.616. The van der Waals surface area contributed by atoms with Crippen molar-refractivity contribution >= 4 is 6.41 Å². The summed E-state index contributed by atoms with van der Waals surface area (Å²) >= 11 is 0. The molecule has 2 heteroatoms. The molecule has 0 saturated carbocycles. The predicted molar refractivity (Wildman–Crippen MR) is 114 cm³/mol. The van der Waals surface area contributed by atoms with E-state index in [0.29, 0.717) is 13.0 Å². The Balaban J connectivity index is 0.000000378. The summed E-state index contributed by atoms with van der Waals surface area (Å²) in [4.78, 5) is 9.95. The molecular weight excluding hydrogens is 318 g/mol. The number of rotatable bonds is 7. The molecule has 1 amide bonds. The molecule has 2 rings (SSSR count). The van der Waals surface area contributed by atoms with Gasteiger partial charge in [0.1, 0.15) is 0 Å². The van der Waals surface area contributed by atoms with Crippen molar-refractivity contribution in [3.8, 4) is 0 Å². The van der Waals surface area contributed by atoms with Gasteiger partial charge in [0.25, 0.3) is 0 Å². The van der Waals surface area contributed by atoms with Crippen molar-refractivity contribution in [3.63, 3.8) is 0 Å². The van der Waals surface area contributed by atoms with Crippen LogP contribution in [0.2, 0.25) is 0 Å². The fraction of sp³-hybridized carbons (Fsp3) is 0.458. The van der Waals surface area contributed by atoms with Gasteiger partial charge in [-0.3, -0.25) is 4.79 Å². The van der Waals surface area contributed by atoms with E-state index >= 15 is 0 Å². The summed E-state index contributed by atoms with van der Waals surface area (Å²) in [6.45, 7) is 11.4. The van der Waals surface area contributed by atoms with E-state index in [1.165, 1.54) is 42.4 Å². The maximum atomic E-state index is 9.95. The molecule has 2 nitrogen and oxygen atoms in total. The molecule has 0 aromatic heterocycles. The van der Waals surface area contributed by atoms with Gasteiger partial charge in [0.2, 0.25) is 6.41 Å². The first-order chi connectivity index (χ1) is 12.6. The second-order valence-corrected chi connectivity index (χ2v) is 6.54. The van der Waals surface area contributed by atoms with Gasteiger partial charge in [0.15, 0.2) is 0 Å². The van der Waals surface area contributed by atoms with Crippen LogP contribution in [0.1, 0.15) is 68.7 Å². The Kier molecular flexibility index (Phi) is 15.1. The van der Waals surface area contributed by atoms with Crippen LogP contribution in [-0.2, 0) is 17.8 Å². The molecule has 0 radical (unpaired) electrons. The first-order valence-electron chi connectivity index (χ1n) is 9.85.